The average Bonchev–Trinajstić information content (AvgIpc) is 2.67. The first-order valence-corrected chi connectivity index (χ1v) is 5.27. The molecule has 1 saturated carbocycles. The van der Waals surface area contributed by atoms with Crippen LogP contribution in [0.15, 0.2) is 11.4 Å². The molecule has 72 valence electrons. The first kappa shape index (κ1) is 7.99. The molecular weight excluding hydrogens is 200 g/mol. The molecule has 2 aromatic heterocycles. The smallest absolute Gasteiger partial charge is 0.315 e. The first-order chi connectivity index (χ1) is 6.74. The molecule has 2 heterocycles. The van der Waals surface area contributed by atoms with Gasteiger partial charge in [0.2, 0.25) is 0 Å². The number of nitrogens with zero attached hydrogens (tertiary/aromatic N) is 1. The Morgan fingerprint density at radius 3 is 3.07 bits per heavy atom. The molecule has 14 heavy (non-hydrogen) atoms. The normalized spacial score (nSPS) is 18.6. The largest absolute Gasteiger partial charge is 0.481 e. The van der Waals surface area contributed by atoms with Gasteiger partial charge in [-0.15, -0.1) is 11.3 Å². The molecule has 0 radical (unpaired) electrons. The summed E-state index contributed by atoms with van der Waals surface area (Å²) < 4.78 is 0.991. The molecule has 0 spiro atoms. The van der Waals surface area contributed by atoms with Gasteiger partial charge in [-0.1, -0.05) is 0 Å². The maximum absolute atomic E-state index is 11.1. The summed E-state index contributed by atoms with van der Waals surface area (Å²) in [4.78, 5) is 11.1. The second kappa shape index (κ2) is 2.36. The Labute approximate surface area is 83.6 Å². The van der Waals surface area contributed by atoms with Gasteiger partial charge in [0.05, 0.1) is 10.4 Å². The SMILES string of the molecule is O=C(O)C1(c2[nH]nc3ccsc23)CC1. The summed E-state index contributed by atoms with van der Waals surface area (Å²) in [5.74, 6) is -0.739. The summed E-state index contributed by atoms with van der Waals surface area (Å²) in [5.41, 5.74) is 0.993. The Morgan fingerprint density at radius 1 is 1.64 bits per heavy atom. The minimum Gasteiger partial charge on any atom is -0.481 e. The van der Waals surface area contributed by atoms with Gasteiger partial charge in [-0.3, -0.25) is 9.89 Å². The van der Waals surface area contributed by atoms with Gasteiger partial charge in [-0.25, -0.2) is 0 Å². The maximum Gasteiger partial charge on any atom is 0.315 e. The van der Waals surface area contributed by atoms with Crippen LogP contribution in [0.2, 0.25) is 0 Å². The minimum atomic E-state index is -0.739. The summed E-state index contributed by atoms with van der Waals surface area (Å²) in [6, 6.07) is 1.90. The Kier molecular flexibility index (Phi) is 1.35. The number of hydrogen-bond donors (Lipinski definition) is 2. The van der Waals surface area contributed by atoms with Gasteiger partial charge in [-0.2, -0.15) is 5.10 Å². The van der Waals surface area contributed by atoms with Crippen molar-refractivity contribution in [3.63, 3.8) is 0 Å². The summed E-state index contributed by atoms with van der Waals surface area (Å²) in [5, 5.41) is 18.0. The Morgan fingerprint density at radius 2 is 2.43 bits per heavy atom. The zero-order chi connectivity index (χ0) is 9.76. The van der Waals surface area contributed by atoms with Crippen molar-refractivity contribution in [1.29, 1.82) is 0 Å². The molecule has 4 nitrogen and oxygen atoms in total. The number of fused-ring (bicyclic) bond motifs is 1. The van der Waals surface area contributed by atoms with Crippen molar-refractivity contribution in [2.45, 2.75) is 18.3 Å². The van der Waals surface area contributed by atoms with E-state index in [2.05, 4.69) is 10.2 Å². The molecule has 0 bridgehead atoms. The van der Waals surface area contributed by atoms with Gasteiger partial charge in [0.25, 0.3) is 0 Å². The lowest BCUT2D eigenvalue weighted by Crippen LogP contribution is -2.19. The van der Waals surface area contributed by atoms with Gasteiger partial charge in [0, 0.05) is 0 Å². The van der Waals surface area contributed by atoms with Crippen LogP contribution in [0.1, 0.15) is 18.5 Å². The predicted octanol–water partition coefficient (Wildman–Crippen LogP) is 1.74. The number of carbonyl (C=O) groups is 1. The second-order valence-corrected chi connectivity index (χ2v) is 4.54. The predicted molar refractivity (Wildman–Crippen MR) is 52.5 cm³/mol. The zero-order valence-corrected chi connectivity index (χ0v) is 8.10. The summed E-state index contributed by atoms with van der Waals surface area (Å²) in [6.45, 7) is 0. The number of hydrogen-bond acceptors (Lipinski definition) is 3. The number of carboxylic acid groups (broad SMARTS) is 1. The van der Waals surface area contributed by atoms with Crippen LogP contribution in [-0.2, 0) is 10.2 Å². The standard InChI is InChI=1S/C9H8N2O2S/c12-8(13)9(2-3-9)7-6-5(10-11-7)1-4-14-6/h1,4H,2-3H2,(H,10,11)(H,12,13). The van der Waals surface area contributed by atoms with Crippen LogP contribution in [0.4, 0.5) is 0 Å². The van der Waals surface area contributed by atoms with Crippen LogP contribution in [0.25, 0.3) is 10.2 Å². The van der Waals surface area contributed by atoms with E-state index < -0.39 is 11.4 Å². The van der Waals surface area contributed by atoms with Crippen molar-refractivity contribution in [3.8, 4) is 0 Å². The molecule has 0 aliphatic heterocycles. The Bertz CT molecular complexity index is 510. The van der Waals surface area contributed by atoms with Crippen molar-refractivity contribution in [2.24, 2.45) is 0 Å². The van der Waals surface area contributed by atoms with Crippen LogP contribution >= 0.6 is 11.3 Å². The quantitative estimate of drug-likeness (QED) is 0.790. The fourth-order valence-electron chi connectivity index (χ4n) is 1.76. The van der Waals surface area contributed by atoms with Crippen molar-refractivity contribution in [3.05, 3.63) is 17.1 Å². The third kappa shape index (κ3) is 0.824. The van der Waals surface area contributed by atoms with Crippen molar-refractivity contribution < 1.29 is 9.90 Å². The van der Waals surface area contributed by atoms with E-state index in [9.17, 15) is 4.79 Å². The highest BCUT2D eigenvalue weighted by atomic mass is 32.1. The highest BCUT2D eigenvalue weighted by molar-refractivity contribution is 7.17. The Balaban J connectivity index is 2.23. The first-order valence-electron chi connectivity index (χ1n) is 4.39. The lowest BCUT2D eigenvalue weighted by molar-refractivity contribution is -0.140. The van der Waals surface area contributed by atoms with Crippen molar-refractivity contribution in [2.75, 3.05) is 0 Å². The number of thiophene rings is 1. The van der Waals surface area contributed by atoms with E-state index in [-0.39, 0.29) is 0 Å². The molecule has 1 aliphatic carbocycles. The van der Waals surface area contributed by atoms with E-state index in [0.29, 0.717) is 0 Å². The van der Waals surface area contributed by atoms with Crippen molar-refractivity contribution >= 4 is 27.5 Å². The fourth-order valence-corrected chi connectivity index (χ4v) is 2.69. The monoisotopic (exact) mass is 208 g/mol. The van der Waals surface area contributed by atoms with Gasteiger partial charge in [-0.05, 0) is 24.3 Å². The molecule has 0 unspecified atom stereocenters. The number of H-pyrrole nitrogens is 1. The molecule has 5 heteroatoms. The zero-order valence-electron chi connectivity index (χ0n) is 7.28. The molecule has 1 fully saturated rings. The van der Waals surface area contributed by atoms with E-state index >= 15 is 0 Å². The van der Waals surface area contributed by atoms with E-state index in [1.54, 1.807) is 11.3 Å². The molecule has 1 aliphatic rings. The number of aromatic nitrogens is 2. The molecule has 0 atom stereocenters. The lowest BCUT2D eigenvalue weighted by atomic mass is 10.0. The third-order valence-corrected chi connectivity index (χ3v) is 3.72. The summed E-state index contributed by atoms with van der Waals surface area (Å²) in [6.07, 6.45) is 1.44. The molecule has 3 rings (SSSR count). The summed E-state index contributed by atoms with van der Waals surface area (Å²) in [7, 11) is 0. The van der Waals surface area contributed by atoms with E-state index in [4.69, 9.17) is 5.11 Å². The molecule has 2 N–H and O–H groups in total. The molecule has 0 amide bonds. The van der Waals surface area contributed by atoms with Gasteiger partial charge in [0.1, 0.15) is 10.9 Å². The number of carboxylic acids is 1. The molecular formula is C9H8N2O2S. The van der Waals surface area contributed by atoms with E-state index in [1.807, 2.05) is 11.4 Å². The van der Waals surface area contributed by atoms with E-state index in [0.717, 1.165) is 28.8 Å². The third-order valence-electron chi connectivity index (χ3n) is 2.80. The lowest BCUT2D eigenvalue weighted by Gasteiger charge is -2.05. The number of rotatable bonds is 2. The molecule has 2 aromatic rings. The highest BCUT2D eigenvalue weighted by Gasteiger charge is 2.54. The van der Waals surface area contributed by atoms with Crippen LogP contribution in [-0.4, -0.2) is 21.3 Å². The number of nitrogens with one attached hydrogen (secondary N) is 1. The fraction of sp³-hybridized carbons (Fsp3) is 0.333. The second-order valence-electron chi connectivity index (χ2n) is 3.62. The minimum absolute atomic E-state index is 0.667. The van der Waals surface area contributed by atoms with Gasteiger partial charge >= 0.3 is 5.97 Å². The average molecular weight is 208 g/mol. The molecule has 0 aromatic carbocycles. The van der Waals surface area contributed by atoms with Crippen molar-refractivity contribution in [1.82, 2.24) is 10.2 Å². The van der Waals surface area contributed by atoms with Crippen LogP contribution < -0.4 is 0 Å². The Hall–Kier alpha value is -1.36. The van der Waals surface area contributed by atoms with Crippen LogP contribution in [0, 0.1) is 0 Å². The molecule has 0 saturated heterocycles. The maximum atomic E-state index is 11.1. The van der Waals surface area contributed by atoms with E-state index in [1.165, 1.54) is 0 Å². The van der Waals surface area contributed by atoms with Gasteiger partial charge < -0.3 is 5.11 Å². The highest BCUT2D eigenvalue weighted by Crippen LogP contribution is 2.50. The summed E-state index contributed by atoms with van der Waals surface area (Å²) >= 11 is 1.55. The van der Waals surface area contributed by atoms with Gasteiger partial charge in [0.15, 0.2) is 0 Å². The van der Waals surface area contributed by atoms with Crippen LogP contribution in [0.3, 0.4) is 0 Å². The number of aromatic amines is 1. The van der Waals surface area contributed by atoms with Crippen LogP contribution in [0.5, 0.6) is 0 Å². The topological polar surface area (TPSA) is 66.0 Å². The number of aliphatic carboxylic acids is 1.